The predicted molar refractivity (Wildman–Crippen MR) is 134 cm³/mol. The Kier molecular flexibility index (Phi) is 6.52. The van der Waals surface area contributed by atoms with Crippen molar-refractivity contribution < 1.29 is 14.3 Å². The number of hydrogen-bond donors (Lipinski definition) is 0. The topological polar surface area (TPSA) is 96.5 Å². The van der Waals surface area contributed by atoms with E-state index in [1.54, 1.807) is 37.3 Å². The number of methoxy groups -OCH3 is 2. The van der Waals surface area contributed by atoms with Crippen LogP contribution in [0.3, 0.4) is 0 Å². The van der Waals surface area contributed by atoms with Gasteiger partial charge in [-0.15, -0.1) is 5.10 Å². The first-order valence-corrected chi connectivity index (χ1v) is 11.7. The fraction of sp³-hybridized carbons (Fsp3) is 0.259. The number of hydrogen-bond acceptors (Lipinski definition) is 7. The summed E-state index contributed by atoms with van der Waals surface area (Å²) >= 11 is 0. The molecule has 1 fully saturated rings. The summed E-state index contributed by atoms with van der Waals surface area (Å²) in [6, 6.07) is 23.1. The molecule has 5 rings (SSSR count). The molecule has 0 radical (unpaired) electrons. The second-order valence-electron chi connectivity index (χ2n) is 8.57. The second kappa shape index (κ2) is 10.1. The van der Waals surface area contributed by atoms with Crippen molar-refractivity contribution in [3.8, 4) is 17.6 Å². The van der Waals surface area contributed by atoms with E-state index in [2.05, 4.69) is 45.5 Å². The molecule has 0 spiro atoms. The van der Waals surface area contributed by atoms with Crippen LogP contribution >= 0.6 is 0 Å². The molecule has 1 aromatic heterocycles. The fourth-order valence-electron chi connectivity index (χ4n) is 4.63. The SMILES string of the molecule is COc1ccc(C(c2ccc(OC)cc2)N2CCN(C(=O)n3nnc4cc(C#N)ccc43)CC2)cc1. The highest BCUT2D eigenvalue weighted by Crippen LogP contribution is 2.32. The Morgan fingerprint density at radius 1 is 0.889 bits per heavy atom. The molecule has 1 amide bonds. The van der Waals surface area contributed by atoms with E-state index in [0.29, 0.717) is 42.8 Å². The van der Waals surface area contributed by atoms with Crippen LogP contribution < -0.4 is 9.47 Å². The highest BCUT2D eigenvalue weighted by Gasteiger charge is 2.29. The largest absolute Gasteiger partial charge is 0.497 e. The fourth-order valence-corrected chi connectivity index (χ4v) is 4.63. The zero-order valence-corrected chi connectivity index (χ0v) is 20.2. The molecule has 0 bridgehead atoms. The second-order valence-corrected chi connectivity index (χ2v) is 8.57. The number of fused-ring (bicyclic) bond motifs is 1. The lowest BCUT2D eigenvalue weighted by atomic mass is 9.96. The minimum atomic E-state index is -0.215. The Morgan fingerprint density at radius 3 is 2.00 bits per heavy atom. The average Bonchev–Trinajstić information content (AvgIpc) is 3.37. The molecule has 2 heterocycles. The van der Waals surface area contributed by atoms with Crippen LogP contribution in [0.4, 0.5) is 4.79 Å². The monoisotopic (exact) mass is 482 g/mol. The van der Waals surface area contributed by atoms with Gasteiger partial charge in [-0.25, -0.2) is 4.79 Å². The number of piperazine rings is 1. The van der Waals surface area contributed by atoms with Crippen molar-refractivity contribution in [3.05, 3.63) is 83.4 Å². The molecule has 3 aromatic carbocycles. The molecule has 0 atom stereocenters. The molecule has 9 heteroatoms. The van der Waals surface area contributed by atoms with E-state index in [1.165, 1.54) is 4.68 Å². The maximum Gasteiger partial charge on any atom is 0.346 e. The lowest BCUT2D eigenvalue weighted by Gasteiger charge is -2.39. The highest BCUT2D eigenvalue weighted by molar-refractivity contribution is 5.88. The van der Waals surface area contributed by atoms with Crippen molar-refractivity contribution >= 4 is 17.1 Å². The summed E-state index contributed by atoms with van der Waals surface area (Å²) < 4.78 is 12.0. The third kappa shape index (κ3) is 4.46. The van der Waals surface area contributed by atoms with Crippen LogP contribution in [0.15, 0.2) is 66.7 Å². The first-order valence-electron chi connectivity index (χ1n) is 11.7. The van der Waals surface area contributed by atoms with E-state index in [-0.39, 0.29) is 12.1 Å². The Hall–Kier alpha value is -4.42. The van der Waals surface area contributed by atoms with Crippen molar-refractivity contribution in [2.75, 3.05) is 40.4 Å². The van der Waals surface area contributed by atoms with Gasteiger partial charge in [0.2, 0.25) is 0 Å². The number of nitrogens with zero attached hydrogens (tertiary/aromatic N) is 6. The molecule has 182 valence electrons. The van der Waals surface area contributed by atoms with E-state index in [0.717, 1.165) is 22.6 Å². The van der Waals surface area contributed by atoms with Crippen LogP contribution in [0.25, 0.3) is 11.0 Å². The maximum absolute atomic E-state index is 13.3. The molecule has 9 nitrogen and oxygen atoms in total. The molecule has 1 saturated heterocycles. The zero-order valence-electron chi connectivity index (χ0n) is 20.2. The van der Waals surface area contributed by atoms with Crippen molar-refractivity contribution in [1.29, 1.82) is 5.26 Å². The highest BCUT2D eigenvalue weighted by atomic mass is 16.5. The smallest absolute Gasteiger partial charge is 0.346 e. The Labute approximate surface area is 209 Å². The minimum Gasteiger partial charge on any atom is -0.497 e. The molecule has 0 saturated carbocycles. The molecule has 0 aliphatic carbocycles. The Balaban J connectivity index is 1.36. The lowest BCUT2D eigenvalue weighted by Crippen LogP contribution is -2.51. The van der Waals surface area contributed by atoms with E-state index in [4.69, 9.17) is 14.7 Å². The van der Waals surface area contributed by atoms with Crippen LogP contribution in [0.2, 0.25) is 0 Å². The van der Waals surface area contributed by atoms with Gasteiger partial charge < -0.3 is 14.4 Å². The summed E-state index contributed by atoms with van der Waals surface area (Å²) in [5, 5.41) is 17.2. The molecule has 0 N–H and O–H groups in total. The summed E-state index contributed by atoms with van der Waals surface area (Å²) in [5.74, 6) is 1.62. The van der Waals surface area contributed by atoms with Gasteiger partial charge in [0, 0.05) is 26.2 Å². The van der Waals surface area contributed by atoms with Gasteiger partial charge in [-0.1, -0.05) is 29.5 Å². The van der Waals surface area contributed by atoms with Gasteiger partial charge in [-0.3, -0.25) is 4.90 Å². The van der Waals surface area contributed by atoms with Crippen molar-refractivity contribution in [2.24, 2.45) is 0 Å². The van der Waals surface area contributed by atoms with Gasteiger partial charge in [-0.05, 0) is 53.6 Å². The summed E-state index contributed by atoms with van der Waals surface area (Å²) in [6.45, 7) is 2.50. The van der Waals surface area contributed by atoms with Gasteiger partial charge in [-0.2, -0.15) is 9.94 Å². The van der Waals surface area contributed by atoms with E-state index in [9.17, 15) is 4.79 Å². The number of carbonyl (C=O) groups excluding carboxylic acids is 1. The van der Waals surface area contributed by atoms with Crippen molar-refractivity contribution in [3.63, 3.8) is 0 Å². The molecule has 4 aromatic rings. The van der Waals surface area contributed by atoms with Gasteiger partial charge >= 0.3 is 6.03 Å². The van der Waals surface area contributed by atoms with Crippen LogP contribution in [0.1, 0.15) is 22.7 Å². The van der Waals surface area contributed by atoms with Gasteiger partial charge in [0.15, 0.2) is 0 Å². The summed E-state index contributed by atoms with van der Waals surface area (Å²) in [6.07, 6.45) is 0. The third-order valence-corrected chi connectivity index (χ3v) is 6.57. The third-order valence-electron chi connectivity index (χ3n) is 6.57. The number of nitriles is 1. The molecule has 36 heavy (non-hydrogen) atoms. The summed E-state index contributed by atoms with van der Waals surface area (Å²) in [7, 11) is 3.32. The van der Waals surface area contributed by atoms with Crippen molar-refractivity contribution in [1.82, 2.24) is 24.8 Å². The molecule has 1 aliphatic heterocycles. The van der Waals surface area contributed by atoms with E-state index < -0.39 is 0 Å². The first-order chi connectivity index (χ1) is 17.6. The van der Waals surface area contributed by atoms with Crippen molar-refractivity contribution in [2.45, 2.75) is 6.04 Å². The molecule has 0 unspecified atom stereocenters. The first kappa shape index (κ1) is 23.3. The molecular weight excluding hydrogens is 456 g/mol. The molecule has 1 aliphatic rings. The zero-order chi connectivity index (χ0) is 25.1. The average molecular weight is 483 g/mol. The van der Waals surface area contributed by atoms with Crippen LogP contribution in [-0.2, 0) is 0 Å². The number of carbonyl (C=O) groups is 1. The standard InChI is InChI=1S/C27H26N6O3/c1-35-22-8-4-20(5-9-22)26(21-6-10-23(36-2)11-7-21)31-13-15-32(16-14-31)27(34)33-25-12-3-19(18-28)17-24(25)29-30-33/h3-12,17,26H,13-16H2,1-2H3. The normalized spacial score (nSPS) is 14.1. The van der Waals surface area contributed by atoms with Gasteiger partial charge in [0.25, 0.3) is 0 Å². The van der Waals surface area contributed by atoms with Crippen LogP contribution in [0, 0.1) is 11.3 Å². The Bertz CT molecular complexity index is 1350. The minimum absolute atomic E-state index is 0.0238. The number of benzene rings is 3. The summed E-state index contributed by atoms with van der Waals surface area (Å²) in [4.78, 5) is 17.4. The Morgan fingerprint density at radius 2 is 1.47 bits per heavy atom. The lowest BCUT2D eigenvalue weighted by molar-refractivity contribution is 0.120. The van der Waals surface area contributed by atoms with Gasteiger partial charge in [0.1, 0.15) is 17.0 Å². The maximum atomic E-state index is 13.3. The van der Waals surface area contributed by atoms with Crippen LogP contribution in [-0.4, -0.2) is 71.2 Å². The quantitative estimate of drug-likeness (QED) is 0.428. The summed E-state index contributed by atoms with van der Waals surface area (Å²) in [5.41, 5.74) is 3.90. The van der Waals surface area contributed by atoms with E-state index in [1.807, 2.05) is 24.3 Å². The van der Waals surface area contributed by atoms with E-state index >= 15 is 0 Å². The number of ether oxygens (including phenoxy) is 2. The van der Waals surface area contributed by atoms with Gasteiger partial charge in [0.05, 0.1) is 37.4 Å². The van der Waals surface area contributed by atoms with Crippen LogP contribution in [0.5, 0.6) is 11.5 Å². The number of aromatic nitrogens is 3. The predicted octanol–water partition coefficient (Wildman–Crippen LogP) is 3.70. The number of amides is 1. The molecular formula is C27H26N6O3. The number of rotatable bonds is 5.